The number of hydrogen-bond donors (Lipinski definition) is 3. The van der Waals surface area contributed by atoms with Crippen LogP contribution in [0.25, 0.3) is 0 Å². The summed E-state index contributed by atoms with van der Waals surface area (Å²) >= 11 is 0. The van der Waals surface area contributed by atoms with E-state index in [0.29, 0.717) is 0 Å². The van der Waals surface area contributed by atoms with Crippen molar-refractivity contribution in [3.8, 4) is 5.75 Å². The van der Waals surface area contributed by atoms with Gasteiger partial charge in [0.05, 0.1) is 7.11 Å². The summed E-state index contributed by atoms with van der Waals surface area (Å²) < 4.78 is 32.6. The van der Waals surface area contributed by atoms with Crippen LogP contribution in [0.4, 0.5) is 0 Å². The second kappa shape index (κ2) is 8.50. The van der Waals surface area contributed by atoms with Gasteiger partial charge in [-0.15, -0.1) is 0 Å². The number of rotatable bonds is 9. The van der Waals surface area contributed by atoms with Crippen LogP contribution in [0.15, 0.2) is 23.1 Å². The fraction of sp³-hybridized carbons (Fsp3) is 0.529. The number of nitrogens with one attached hydrogen (secondary N) is 3. The first-order valence-electron chi connectivity index (χ1n) is 8.51. The monoisotopic (exact) mass is 383 g/mol. The van der Waals surface area contributed by atoms with Crippen molar-refractivity contribution in [2.24, 2.45) is 0 Å². The van der Waals surface area contributed by atoms with E-state index < -0.39 is 15.9 Å². The third-order valence-corrected chi connectivity index (χ3v) is 5.24. The van der Waals surface area contributed by atoms with Crippen molar-refractivity contribution in [1.29, 1.82) is 0 Å². The lowest BCUT2D eigenvalue weighted by molar-refractivity contribution is -0.121. The Kier molecular flexibility index (Phi) is 6.60. The Morgan fingerprint density at radius 1 is 1.27 bits per heavy atom. The molecular formula is C17H25N3O5S. The molecule has 0 aliphatic heterocycles. The Bertz CT molecular complexity index is 773. The standard InChI is InChI=1S/C17H25N3O5S/c1-11(2)19-16(21)8-9-18-17(22)12-4-7-14(25-3)15(10-12)26(23,24)20-13-5-6-13/h4,7,10-11,13,20H,5-6,8-9H2,1-3H3,(H,18,22)(H,19,21). The highest BCUT2D eigenvalue weighted by molar-refractivity contribution is 7.89. The molecule has 0 unspecified atom stereocenters. The van der Waals surface area contributed by atoms with Crippen molar-refractivity contribution in [1.82, 2.24) is 15.4 Å². The van der Waals surface area contributed by atoms with E-state index in [9.17, 15) is 18.0 Å². The summed E-state index contributed by atoms with van der Waals surface area (Å²) in [7, 11) is -2.39. The summed E-state index contributed by atoms with van der Waals surface area (Å²) in [6, 6.07) is 4.20. The zero-order valence-corrected chi connectivity index (χ0v) is 16.0. The average molecular weight is 383 g/mol. The minimum absolute atomic E-state index is 0.0338. The molecule has 9 heteroatoms. The third kappa shape index (κ3) is 5.70. The molecule has 1 fully saturated rings. The van der Waals surface area contributed by atoms with Crippen LogP contribution in [-0.4, -0.2) is 46.0 Å². The molecule has 0 atom stereocenters. The number of amides is 2. The van der Waals surface area contributed by atoms with Gasteiger partial charge in [0.1, 0.15) is 10.6 Å². The van der Waals surface area contributed by atoms with Gasteiger partial charge in [-0.2, -0.15) is 0 Å². The summed E-state index contributed by atoms with van der Waals surface area (Å²) in [6.07, 6.45) is 1.76. The van der Waals surface area contributed by atoms with Crippen LogP contribution in [0.5, 0.6) is 5.75 Å². The molecule has 0 spiro atoms. The van der Waals surface area contributed by atoms with E-state index in [2.05, 4.69) is 15.4 Å². The maximum Gasteiger partial charge on any atom is 0.251 e. The van der Waals surface area contributed by atoms with Crippen molar-refractivity contribution < 1.29 is 22.7 Å². The molecule has 8 nitrogen and oxygen atoms in total. The number of carbonyl (C=O) groups is 2. The van der Waals surface area contributed by atoms with Gasteiger partial charge in [0.15, 0.2) is 0 Å². The Morgan fingerprint density at radius 3 is 2.54 bits per heavy atom. The Balaban J connectivity index is 2.06. The lowest BCUT2D eigenvalue weighted by atomic mass is 10.2. The normalized spacial score (nSPS) is 14.2. The number of carbonyl (C=O) groups excluding carboxylic acids is 2. The van der Waals surface area contributed by atoms with Crippen LogP contribution >= 0.6 is 0 Å². The minimum atomic E-state index is -3.76. The van der Waals surface area contributed by atoms with Gasteiger partial charge in [-0.25, -0.2) is 13.1 Å². The zero-order chi connectivity index (χ0) is 19.3. The van der Waals surface area contributed by atoms with E-state index in [1.54, 1.807) is 0 Å². The molecule has 2 rings (SSSR count). The predicted octanol–water partition coefficient (Wildman–Crippen LogP) is 0.780. The van der Waals surface area contributed by atoms with Crippen LogP contribution in [0.2, 0.25) is 0 Å². The van der Waals surface area contributed by atoms with Crippen molar-refractivity contribution >= 4 is 21.8 Å². The molecule has 0 aromatic heterocycles. The van der Waals surface area contributed by atoms with Gasteiger partial charge in [-0.05, 0) is 44.9 Å². The number of hydrogen-bond acceptors (Lipinski definition) is 5. The van der Waals surface area contributed by atoms with Crippen LogP contribution < -0.4 is 20.1 Å². The first-order chi connectivity index (χ1) is 12.2. The molecule has 0 heterocycles. The molecule has 0 bridgehead atoms. The van der Waals surface area contributed by atoms with E-state index in [1.165, 1.54) is 25.3 Å². The maximum atomic E-state index is 12.5. The van der Waals surface area contributed by atoms with Crippen molar-refractivity contribution in [2.75, 3.05) is 13.7 Å². The van der Waals surface area contributed by atoms with Crippen LogP contribution in [0.3, 0.4) is 0 Å². The summed E-state index contributed by atoms with van der Waals surface area (Å²) in [5.41, 5.74) is 0.186. The zero-order valence-electron chi connectivity index (χ0n) is 15.2. The molecule has 26 heavy (non-hydrogen) atoms. The molecule has 1 aromatic rings. The molecule has 1 aliphatic rings. The second-order valence-corrected chi connectivity index (χ2v) is 8.17. The first kappa shape index (κ1) is 20.2. The fourth-order valence-electron chi connectivity index (χ4n) is 2.30. The molecule has 1 aliphatic carbocycles. The van der Waals surface area contributed by atoms with Crippen LogP contribution in [0.1, 0.15) is 43.5 Å². The van der Waals surface area contributed by atoms with E-state index in [-0.39, 0.29) is 47.2 Å². The highest BCUT2D eigenvalue weighted by atomic mass is 32.2. The second-order valence-electron chi connectivity index (χ2n) is 6.49. The maximum absolute atomic E-state index is 12.5. The number of methoxy groups -OCH3 is 1. The Labute approximate surface area is 153 Å². The molecule has 2 amide bonds. The quantitative estimate of drug-likeness (QED) is 0.583. The topological polar surface area (TPSA) is 114 Å². The fourth-order valence-corrected chi connectivity index (χ4v) is 3.80. The van der Waals surface area contributed by atoms with E-state index in [0.717, 1.165) is 12.8 Å². The molecule has 144 valence electrons. The van der Waals surface area contributed by atoms with Crippen molar-refractivity contribution in [2.45, 2.75) is 50.1 Å². The smallest absolute Gasteiger partial charge is 0.251 e. The SMILES string of the molecule is COc1ccc(C(=O)NCCC(=O)NC(C)C)cc1S(=O)(=O)NC1CC1. The number of ether oxygens (including phenoxy) is 1. The van der Waals surface area contributed by atoms with E-state index in [4.69, 9.17) is 4.74 Å². The number of sulfonamides is 1. The summed E-state index contributed by atoms with van der Waals surface area (Å²) in [5, 5.41) is 5.35. The first-order valence-corrected chi connectivity index (χ1v) is 9.99. The van der Waals surface area contributed by atoms with Crippen molar-refractivity contribution in [3.63, 3.8) is 0 Å². The Hall–Kier alpha value is -2.13. The van der Waals surface area contributed by atoms with E-state index in [1.807, 2.05) is 13.8 Å². The molecule has 0 radical (unpaired) electrons. The lowest BCUT2D eigenvalue weighted by Gasteiger charge is -2.12. The van der Waals surface area contributed by atoms with Gasteiger partial charge in [0.2, 0.25) is 15.9 Å². The summed E-state index contributed by atoms with van der Waals surface area (Å²) in [4.78, 5) is 23.8. The number of benzene rings is 1. The third-order valence-electron chi connectivity index (χ3n) is 3.70. The van der Waals surface area contributed by atoms with Crippen molar-refractivity contribution in [3.05, 3.63) is 23.8 Å². The van der Waals surface area contributed by atoms with Crippen LogP contribution in [0, 0.1) is 0 Å². The average Bonchev–Trinajstić information content (AvgIpc) is 3.36. The molecular weight excluding hydrogens is 358 g/mol. The molecule has 1 aromatic carbocycles. The Morgan fingerprint density at radius 2 is 1.96 bits per heavy atom. The summed E-state index contributed by atoms with van der Waals surface area (Å²) in [6.45, 7) is 3.86. The van der Waals surface area contributed by atoms with Gasteiger partial charge in [-0.1, -0.05) is 0 Å². The molecule has 3 N–H and O–H groups in total. The minimum Gasteiger partial charge on any atom is -0.495 e. The summed E-state index contributed by atoms with van der Waals surface area (Å²) in [5.74, 6) is -0.439. The molecule has 1 saturated carbocycles. The van der Waals surface area contributed by atoms with Gasteiger partial charge >= 0.3 is 0 Å². The predicted molar refractivity (Wildman–Crippen MR) is 96.6 cm³/mol. The lowest BCUT2D eigenvalue weighted by Crippen LogP contribution is -2.34. The van der Waals surface area contributed by atoms with Gasteiger partial charge in [0.25, 0.3) is 5.91 Å². The van der Waals surface area contributed by atoms with Gasteiger partial charge in [-0.3, -0.25) is 9.59 Å². The highest BCUT2D eigenvalue weighted by Gasteiger charge is 2.30. The van der Waals surface area contributed by atoms with Crippen LogP contribution in [-0.2, 0) is 14.8 Å². The van der Waals surface area contributed by atoms with E-state index >= 15 is 0 Å². The highest BCUT2D eigenvalue weighted by Crippen LogP contribution is 2.28. The van der Waals surface area contributed by atoms with Gasteiger partial charge in [0, 0.05) is 30.6 Å². The van der Waals surface area contributed by atoms with Gasteiger partial charge < -0.3 is 15.4 Å². The largest absolute Gasteiger partial charge is 0.495 e. The molecule has 0 saturated heterocycles.